The maximum absolute atomic E-state index is 10.9. The van der Waals surface area contributed by atoms with Crippen LogP contribution in [0.2, 0.25) is 0 Å². The second kappa shape index (κ2) is 10.3. The molecule has 0 saturated carbocycles. The van der Waals surface area contributed by atoms with Gasteiger partial charge in [-0.05, 0) is 28.9 Å². The van der Waals surface area contributed by atoms with Crippen molar-refractivity contribution >= 4 is 38.9 Å². The van der Waals surface area contributed by atoms with Gasteiger partial charge < -0.3 is 0 Å². The molecule has 0 aromatic rings. The monoisotopic (exact) mass is 290 g/mol. The highest BCUT2D eigenvalue weighted by molar-refractivity contribution is 8.72. The molecule has 0 atom stereocenters. The first-order valence-electron chi connectivity index (χ1n) is 5.70. The predicted molar refractivity (Wildman–Crippen MR) is 74.4 cm³/mol. The smallest absolute Gasteiger partial charge is 0.277 e. The molecule has 0 aliphatic carbocycles. The molecule has 0 aliphatic heterocycles. The van der Waals surface area contributed by atoms with Crippen LogP contribution in [0.3, 0.4) is 0 Å². The first-order valence-corrected chi connectivity index (χ1v) is 10.8. The van der Waals surface area contributed by atoms with Crippen LogP contribution >= 0.6 is 38.9 Å². The lowest BCUT2D eigenvalue weighted by Gasteiger charge is -2.02. The molecule has 0 spiro atoms. The van der Waals surface area contributed by atoms with Crippen molar-refractivity contribution in [3.05, 3.63) is 0 Å². The number of rotatable bonds is 10. The minimum Gasteiger partial charge on any atom is -0.277 e. The van der Waals surface area contributed by atoms with Gasteiger partial charge in [0.05, 0.1) is 0 Å². The second-order valence-corrected chi connectivity index (χ2v) is 12.1. The van der Waals surface area contributed by atoms with E-state index in [1.807, 2.05) is 0 Å². The van der Waals surface area contributed by atoms with E-state index in [-0.39, 0.29) is 0 Å². The van der Waals surface area contributed by atoms with Crippen LogP contribution in [-0.2, 0) is 4.57 Å². The Morgan fingerprint density at radius 1 is 0.933 bits per heavy atom. The summed E-state index contributed by atoms with van der Waals surface area (Å²) in [5.74, 6) is 0.819. The summed E-state index contributed by atoms with van der Waals surface area (Å²) in [6.45, 7) is 2.23. The normalized spacial score (nSPS) is 11.9. The quantitative estimate of drug-likeness (QED) is 0.340. The second-order valence-electron chi connectivity index (χ2n) is 3.72. The molecule has 0 amide bonds. The Balaban J connectivity index is 3.02. The average molecular weight is 291 g/mol. The molecule has 0 bridgehead atoms. The van der Waals surface area contributed by atoms with Crippen LogP contribution in [0.15, 0.2) is 0 Å². The molecule has 1 nitrogen and oxygen atoms in total. The van der Waals surface area contributed by atoms with E-state index in [9.17, 15) is 4.57 Å². The fourth-order valence-electron chi connectivity index (χ4n) is 1.41. The lowest BCUT2D eigenvalue weighted by Crippen LogP contribution is -1.82. The van der Waals surface area contributed by atoms with Crippen molar-refractivity contribution in [2.45, 2.75) is 58.3 Å². The molecular weight excluding hydrogens is 270 g/mol. The summed E-state index contributed by atoms with van der Waals surface area (Å²) in [6.07, 6.45) is 10.3. The van der Waals surface area contributed by atoms with Crippen LogP contribution in [0, 0.1) is 0 Å². The van der Waals surface area contributed by atoms with Crippen LogP contribution in [0.4, 0.5) is 0 Å². The van der Waals surface area contributed by atoms with Crippen LogP contribution < -0.4 is 0 Å². The zero-order valence-electron chi connectivity index (χ0n) is 9.38. The van der Waals surface area contributed by atoms with Crippen molar-refractivity contribution in [2.24, 2.45) is 0 Å². The minimum absolute atomic E-state index is 0.819. The van der Waals surface area contributed by atoms with Crippen LogP contribution in [0.25, 0.3) is 0 Å². The fourth-order valence-corrected chi connectivity index (χ4v) is 4.22. The van der Waals surface area contributed by atoms with Gasteiger partial charge in [0.1, 0.15) is 0 Å². The van der Waals surface area contributed by atoms with E-state index in [4.69, 9.17) is 22.5 Å². The molecule has 92 valence electrons. The lowest BCUT2D eigenvalue weighted by atomic mass is 10.1. The molecule has 0 radical (unpaired) electrons. The fraction of sp³-hybridized carbons (Fsp3) is 1.00. The van der Waals surface area contributed by atoms with E-state index >= 15 is 0 Å². The predicted octanol–water partition coefficient (Wildman–Crippen LogP) is 6.45. The lowest BCUT2D eigenvalue weighted by molar-refractivity contribution is 0.586. The highest BCUT2D eigenvalue weighted by atomic mass is 35.9. The minimum atomic E-state index is -2.87. The maximum Gasteiger partial charge on any atom is 0.307 e. The third kappa shape index (κ3) is 15.2. The summed E-state index contributed by atoms with van der Waals surface area (Å²) in [4.78, 5) is 0. The van der Waals surface area contributed by atoms with Gasteiger partial charge in [0.15, 0.2) is 0 Å². The van der Waals surface area contributed by atoms with Crippen molar-refractivity contribution < 1.29 is 4.57 Å². The maximum atomic E-state index is 10.9. The largest absolute Gasteiger partial charge is 0.307 e. The van der Waals surface area contributed by atoms with Gasteiger partial charge in [0.25, 0.3) is 0 Å². The summed E-state index contributed by atoms with van der Waals surface area (Å²) in [6, 6.07) is 0. The molecular formula is C10H21Cl2OPS. The van der Waals surface area contributed by atoms with Gasteiger partial charge in [-0.1, -0.05) is 63.3 Å². The number of hydrogen-bond donors (Lipinski definition) is 0. The Bertz CT molecular complexity index is 184. The van der Waals surface area contributed by atoms with Crippen LogP contribution in [0.1, 0.15) is 58.3 Å². The molecule has 0 saturated heterocycles. The summed E-state index contributed by atoms with van der Waals surface area (Å²) < 4.78 is 10.9. The van der Waals surface area contributed by atoms with Crippen molar-refractivity contribution in [3.8, 4) is 0 Å². The van der Waals surface area contributed by atoms with Gasteiger partial charge in [-0.3, -0.25) is 4.57 Å². The van der Waals surface area contributed by atoms with Crippen LogP contribution in [-0.4, -0.2) is 5.75 Å². The van der Waals surface area contributed by atoms with E-state index < -0.39 is 5.05 Å². The Hall–Kier alpha value is 1.16. The molecule has 15 heavy (non-hydrogen) atoms. The first kappa shape index (κ1) is 16.2. The Morgan fingerprint density at radius 3 is 1.87 bits per heavy atom. The van der Waals surface area contributed by atoms with Gasteiger partial charge in [-0.25, -0.2) is 0 Å². The van der Waals surface area contributed by atoms with E-state index in [0.717, 1.165) is 12.2 Å². The number of unbranched alkanes of at least 4 members (excludes halogenated alkanes) is 7. The molecule has 0 aromatic carbocycles. The summed E-state index contributed by atoms with van der Waals surface area (Å²) in [5, 5.41) is -2.87. The third-order valence-electron chi connectivity index (χ3n) is 2.24. The standard InChI is InChI=1S/C10H21Cl2OPS/c1-2-3-4-5-6-7-8-9-10-15-14(11,12)13/h2-10H2,1H3. The van der Waals surface area contributed by atoms with E-state index in [1.165, 1.54) is 56.3 Å². The van der Waals surface area contributed by atoms with E-state index in [2.05, 4.69) is 6.92 Å². The molecule has 0 N–H and O–H groups in total. The molecule has 0 unspecified atom stereocenters. The zero-order valence-corrected chi connectivity index (χ0v) is 12.6. The van der Waals surface area contributed by atoms with E-state index in [1.54, 1.807) is 0 Å². The summed E-state index contributed by atoms with van der Waals surface area (Å²) in [5.41, 5.74) is 0. The van der Waals surface area contributed by atoms with Gasteiger partial charge in [-0.15, -0.1) is 0 Å². The number of halogens is 2. The van der Waals surface area contributed by atoms with E-state index in [0.29, 0.717) is 0 Å². The SMILES string of the molecule is CCCCCCCCCCSP(=O)(Cl)Cl. The zero-order chi connectivity index (χ0) is 11.6. The number of hydrogen-bond acceptors (Lipinski definition) is 2. The summed E-state index contributed by atoms with van der Waals surface area (Å²) in [7, 11) is 0. The van der Waals surface area contributed by atoms with Gasteiger partial charge in [0, 0.05) is 5.75 Å². The molecule has 0 fully saturated rings. The van der Waals surface area contributed by atoms with Crippen molar-refractivity contribution in [2.75, 3.05) is 5.75 Å². The molecule has 0 aliphatic rings. The van der Waals surface area contributed by atoms with Crippen molar-refractivity contribution in [1.29, 1.82) is 0 Å². The highest BCUT2D eigenvalue weighted by Crippen LogP contribution is 2.67. The highest BCUT2D eigenvalue weighted by Gasteiger charge is 2.12. The van der Waals surface area contributed by atoms with Crippen molar-refractivity contribution in [3.63, 3.8) is 0 Å². The molecule has 0 rings (SSSR count). The van der Waals surface area contributed by atoms with Crippen molar-refractivity contribution in [1.82, 2.24) is 0 Å². The molecule has 0 aromatic heterocycles. The Kier molecular flexibility index (Phi) is 11.1. The van der Waals surface area contributed by atoms with Gasteiger partial charge in [0.2, 0.25) is 0 Å². The Morgan fingerprint density at radius 2 is 1.40 bits per heavy atom. The summed E-state index contributed by atoms with van der Waals surface area (Å²) >= 11 is 12.0. The Labute approximate surface area is 107 Å². The van der Waals surface area contributed by atoms with Crippen LogP contribution in [0.5, 0.6) is 0 Å². The topological polar surface area (TPSA) is 17.1 Å². The molecule has 0 heterocycles. The third-order valence-corrected chi connectivity index (χ3v) is 6.22. The van der Waals surface area contributed by atoms with Gasteiger partial charge >= 0.3 is 5.05 Å². The van der Waals surface area contributed by atoms with Gasteiger partial charge in [-0.2, -0.15) is 0 Å². The first-order chi connectivity index (χ1) is 7.06. The average Bonchev–Trinajstić information content (AvgIpc) is 2.14. The molecule has 5 heteroatoms.